The van der Waals surface area contributed by atoms with Crippen molar-refractivity contribution in [1.82, 2.24) is 4.90 Å². The molecule has 1 aliphatic heterocycles. The molecular formula is C28H27NO6. The first-order valence-electron chi connectivity index (χ1n) is 11.2. The number of aliphatic hydroxyl groups is 1. The lowest BCUT2D eigenvalue weighted by atomic mass is 9.95. The van der Waals surface area contributed by atoms with Gasteiger partial charge in [0.15, 0.2) is 11.5 Å². The number of hydrogen-bond donors (Lipinski definition) is 1. The van der Waals surface area contributed by atoms with Crippen LogP contribution in [0.2, 0.25) is 0 Å². The lowest BCUT2D eigenvalue weighted by Crippen LogP contribution is -2.31. The van der Waals surface area contributed by atoms with Gasteiger partial charge in [-0.15, -0.1) is 0 Å². The van der Waals surface area contributed by atoms with E-state index in [9.17, 15) is 14.7 Å². The van der Waals surface area contributed by atoms with Crippen molar-refractivity contribution in [2.75, 3.05) is 27.9 Å². The van der Waals surface area contributed by atoms with E-state index in [-0.39, 0.29) is 17.9 Å². The van der Waals surface area contributed by atoms with Gasteiger partial charge in [0, 0.05) is 12.1 Å². The van der Waals surface area contributed by atoms with Crippen LogP contribution in [0.25, 0.3) is 5.76 Å². The van der Waals surface area contributed by atoms with Gasteiger partial charge in [-0.2, -0.15) is 0 Å². The van der Waals surface area contributed by atoms with Gasteiger partial charge in [-0.05, 0) is 41.8 Å². The van der Waals surface area contributed by atoms with Gasteiger partial charge in [0.05, 0.1) is 32.9 Å². The molecule has 0 aliphatic carbocycles. The van der Waals surface area contributed by atoms with Gasteiger partial charge in [-0.25, -0.2) is 0 Å². The number of nitrogens with zero attached hydrogens (tertiary/aromatic N) is 1. The molecule has 0 unspecified atom stereocenters. The van der Waals surface area contributed by atoms with Crippen molar-refractivity contribution in [2.24, 2.45) is 0 Å². The standard InChI is InChI=1S/C28H27NO6/c1-33-21-12-10-19(11-13-21)25-24(26(30)20-7-5-4-6-8-20)27(31)28(32)29(25)16-15-18-9-14-22(34-2)23(17-18)35-3/h4-14,17,25,30H,15-16H2,1-3H3/t25-/m1/s1. The molecule has 1 fully saturated rings. The quantitative estimate of drug-likeness (QED) is 0.297. The van der Waals surface area contributed by atoms with Crippen LogP contribution in [-0.2, 0) is 16.0 Å². The minimum Gasteiger partial charge on any atom is -0.507 e. The Morgan fingerprint density at radius 2 is 1.54 bits per heavy atom. The predicted octanol–water partition coefficient (Wildman–Crippen LogP) is 4.38. The molecule has 4 rings (SSSR count). The molecule has 1 N–H and O–H groups in total. The Bertz CT molecular complexity index is 1250. The third-order valence-corrected chi connectivity index (χ3v) is 6.11. The van der Waals surface area contributed by atoms with Crippen molar-refractivity contribution >= 4 is 17.4 Å². The number of ketones is 1. The summed E-state index contributed by atoms with van der Waals surface area (Å²) in [6, 6.07) is 20.7. The van der Waals surface area contributed by atoms with Crippen LogP contribution in [0.15, 0.2) is 78.4 Å². The third kappa shape index (κ3) is 4.71. The number of carbonyl (C=O) groups is 2. The molecule has 1 amide bonds. The van der Waals surface area contributed by atoms with Crippen LogP contribution >= 0.6 is 0 Å². The number of likely N-dealkylation sites (tertiary alicyclic amines) is 1. The molecule has 180 valence electrons. The van der Waals surface area contributed by atoms with Crippen molar-refractivity contribution in [2.45, 2.75) is 12.5 Å². The van der Waals surface area contributed by atoms with Crippen molar-refractivity contribution in [3.8, 4) is 17.2 Å². The molecule has 1 saturated heterocycles. The number of methoxy groups -OCH3 is 3. The zero-order valence-electron chi connectivity index (χ0n) is 19.9. The minimum absolute atomic E-state index is 0.0682. The maximum absolute atomic E-state index is 13.2. The first-order valence-corrected chi connectivity index (χ1v) is 11.2. The Hall–Kier alpha value is -4.26. The molecule has 1 heterocycles. The number of amides is 1. The Morgan fingerprint density at radius 1 is 0.857 bits per heavy atom. The van der Waals surface area contributed by atoms with Gasteiger partial charge in [0.25, 0.3) is 11.7 Å². The minimum atomic E-state index is -0.735. The van der Waals surface area contributed by atoms with E-state index in [0.717, 1.165) is 5.56 Å². The highest BCUT2D eigenvalue weighted by molar-refractivity contribution is 6.46. The van der Waals surface area contributed by atoms with E-state index < -0.39 is 17.7 Å². The van der Waals surface area contributed by atoms with E-state index in [1.807, 2.05) is 18.2 Å². The highest BCUT2D eigenvalue weighted by Crippen LogP contribution is 2.40. The fraction of sp³-hybridized carbons (Fsp3) is 0.214. The lowest BCUT2D eigenvalue weighted by Gasteiger charge is -2.25. The fourth-order valence-corrected chi connectivity index (χ4v) is 4.28. The third-order valence-electron chi connectivity index (χ3n) is 6.11. The van der Waals surface area contributed by atoms with Gasteiger partial charge in [0.1, 0.15) is 11.5 Å². The molecule has 1 atom stereocenters. The average molecular weight is 474 g/mol. The maximum atomic E-state index is 13.2. The smallest absolute Gasteiger partial charge is 0.295 e. The molecule has 0 aromatic heterocycles. The fourth-order valence-electron chi connectivity index (χ4n) is 4.28. The van der Waals surface area contributed by atoms with Crippen LogP contribution in [-0.4, -0.2) is 49.6 Å². The molecule has 0 saturated carbocycles. The van der Waals surface area contributed by atoms with E-state index >= 15 is 0 Å². The lowest BCUT2D eigenvalue weighted by molar-refractivity contribution is -0.139. The van der Waals surface area contributed by atoms with Crippen molar-refractivity contribution in [1.29, 1.82) is 0 Å². The number of Topliss-reactive ketones (excluding diaryl/α,β-unsaturated/α-hetero) is 1. The van der Waals surface area contributed by atoms with E-state index in [1.54, 1.807) is 75.9 Å². The Labute approximate surface area is 204 Å². The summed E-state index contributed by atoms with van der Waals surface area (Å²) in [6.45, 7) is 0.266. The number of benzene rings is 3. The van der Waals surface area contributed by atoms with Gasteiger partial charge in [-0.1, -0.05) is 48.5 Å². The number of rotatable bonds is 8. The van der Waals surface area contributed by atoms with Gasteiger partial charge >= 0.3 is 0 Å². The topological polar surface area (TPSA) is 85.3 Å². The van der Waals surface area contributed by atoms with Crippen LogP contribution < -0.4 is 14.2 Å². The molecule has 1 aliphatic rings. The van der Waals surface area contributed by atoms with Gasteiger partial charge in [-0.3, -0.25) is 9.59 Å². The monoisotopic (exact) mass is 473 g/mol. The van der Waals surface area contributed by atoms with Crippen LogP contribution in [0.3, 0.4) is 0 Å². The van der Waals surface area contributed by atoms with Crippen LogP contribution in [0.1, 0.15) is 22.7 Å². The Morgan fingerprint density at radius 3 is 2.17 bits per heavy atom. The summed E-state index contributed by atoms with van der Waals surface area (Å²) in [7, 11) is 4.70. The second-order valence-electron chi connectivity index (χ2n) is 8.07. The molecule has 35 heavy (non-hydrogen) atoms. The number of ether oxygens (including phenoxy) is 3. The van der Waals surface area contributed by atoms with Crippen LogP contribution in [0.4, 0.5) is 0 Å². The number of aliphatic hydroxyl groups excluding tert-OH is 1. The molecule has 0 bridgehead atoms. The zero-order valence-corrected chi connectivity index (χ0v) is 19.9. The summed E-state index contributed by atoms with van der Waals surface area (Å²) in [4.78, 5) is 27.8. The molecule has 3 aromatic rings. The highest BCUT2D eigenvalue weighted by atomic mass is 16.5. The first-order chi connectivity index (χ1) is 17.0. The Balaban J connectivity index is 1.73. The Kier molecular flexibility index (Phi) is 7.06. The molecule has 0 spiro atoms. The van der Waals surface area contributed by atoms with Crippen LogP contribution in [0, 0.1) is 0 Å². The summed E-state index contributed by atoms with van der Waals surface area (Å²) >= 11 is 0. The second-order valence-corrected chi connectivity index (χ2v) is 8.07. The van der Waals surface area contributed by atoms with E-state index in [0.29, 0.717) is 34.8 Å². The van der Waals surface area contributed by atoms with Crippen molar-refractivity contribution < 1.29 is 28.9 Å². The first kappa shape index (κ1) is 23.9. The van der Waals surface area contributed by atoms with Crippen molar-refractivity contribution in [3.63, 3.8) is 0 Å². The molecule has 0 radical (unpaired) electrons. The molecule has 3 aromatic carbocycles. The maximum Gasteiger partial charge on any atom is 0.295 e. The second kappa shape index (κ2) is 10.3. The van der Waals surface area contributed by atoms with Crippen LogP contribution in [0.5, 0.6) is 17.2 Å². The average Bonchev–Trinajstić information content (AvgIpc) is 3.16. The summed E-state index contributed by atoms with van der Waals surface area (Å²) < 4.78 is 15.9. The summed E-state index contributed by atoms with van der Waals surface area (Å²) in [5.41, 5.74) is 2.17. The molecule has 7 heteroatoms. The largest absolute Gasteiger partial charge is 0.507 e. The van der Waals surface area contributed by atoms with E-state index in [1.165, 1.54) is 4.90 Å². The summed E-state index contributed by atoms with van der Waals surface area (Å²) in [5.74, 6) is 0.293. The highest BCUT2D eigenvalue weighted by Gasteiger charge is 2.45. The van der Waals surface area contributed by atoms with Gasteiger partial charge in [0.2, 0.25) is 0 Å². The van der Waals surface area contributed by atoms with Crippen molar-refractivity contribution in [3.05, 3.63) is 95.1 Å². The SMILES string of the molecule is COc1ccc([C@@H]2C(=C(O)c3ccccc3)C(=O)C(=O)N2CCc2ccc(OC)c(OC)c2)cc1. The number of carbonyl (C=O) groups excluding carboxylic acids is 2. The number of hydrogen-bond acceptors (Lipinski definition) is 6. The van der Waals surface area contributed by atoms with Gasteiger partial charge < -0.3 is 24.2 Å². The van der Waals surface area contributed by atoms with E-state index in [2.05, 4.69) is 0 Å². The van der Waals surface area contributed by atoms with E-state index in [4.69, 9.17) is 14.2 Å². The summed E-state index contributed by atoms with van der Waals surface area (Å²) in [6.07, 6.45) is 0.478. The predicted molar refractivity (Wildman–Crippen MR) is 132 cm³/mol. The summed E-state index contributed by atoms with van der Waals surface area (Å²) in [5, 5.41) is 11.1. The molecule has 7 nitrogen and oxygen atoms in total. The normalized spacial score (nSPS) is 16.9. The zero-order chi connectivity index (χ0) is 24.9. The molecular weight excluding hydrogens is 446 g/mol.